The van der Waals surface area contributed by atoms with E-state index in [0.29, 0.717) is 12.5 Å². The third-order valence-electron chi connectivity index (χ3n) is 4.21. The second kappa shape index (κ2) is 7.62. The van der Waals surface area contributed by atoms with Gasteiger partial charge in [-0.2, -0.15) is 5.10 Å². The molecule has 0 aliphatic heterocycles. The van der Waals surface area contributed by atoms with Gasteiger partial charge >= 0.3 is 0 Å². The smallest absolute Gasteiger partial charge is 0.246 e. The molecule has 0 radical (unpaired) electrons. The van der Waals surface area contributed by atoms with Crippen LogP contribution in [0.3, 0.4) is 0 Å². The van der Waals surface area contributed by atoms with Crippen molar-refractivity contribution in [2.45, 2.75) is 33.1 Å². The summed E-state index contributed by atoms with van der Waals surface area (Å²) in [4.78, 5) is 11.7. The molecule has 1 aliphatic rings. The van der Waals surface area contributed by atoms with Crippen LogP contribution < -0.4 is 5.32 Å². The Balaban J connectivity index is 1.42. The fourth-order valence-corrected chi connectivity index (χ4v) is 2.69. The molecule has 1 fully saturated rings. The lowest BCUT2D eigenvalue weighted by Crippen LogP contribution is -2.29. The van der Waals surface area contributed by atoms with Crippen LogP contribution in [-0.2, 0) is 16.0 Å². The van der Waals surface area contributed by atoms with Crippen molar-refractivity contribution in [3.63, 3.8) is 0 Å². The summed E-state index contributed by atoms with van der Waals surface area (Å²) >= 11 is 0. The standard InChI is InChI=1S/C19H25N3O2/c1-14-11-15(2)22(21-14)18-7-5-16(6-8-18)9-10-20-19(23)13-24-12-17-3-4-17/h5-8,11,17H,3-4,9-10,12-13H2,1-2H3,(H,20,23). The zero-order chi connectivity index (χ0) is 16.9. The minimum Gasteiger partial charge on any atom is -0.371 e. The fourth-order valence-electron chi connectivity index (χ4n) is 2.69. The van der Waals surface area contributed by atoms with Gasteiger partial charge in [-0.3, -0.25) is 4.79 Å². The first kappa shape index (κ1) is 16.7. The summed E-state index contributed by atoms with van der Waals surface area (Å²) in [5, 5.41) is 7.39. The summed E-state index contributed by atoms with van der Waals surface area (Å²) in [5.41, 5.74) is 4.39. The van der Waals surface area contributed by atoms with Crippen LogP contribution in [0.25, 0.3) is 5.69 Å². The van der Waals surface area contributed by atoms with Crippen LogP contribution >= 0.6 is 0 Å². The monoisotopic (exact) mass is 327 g/mol. The number of benzene rings is 1. The first-order valence-electron chi connectivity index (χ1n) is 8.59. The van der Waals surface area contributed by atoms with Crippen LogP contribution in [0, 0.1) is 19.8 Å². The number of carbonyl (C=O) groups excluding carboxylic acids is 1. The van der Waals surface area contributed by atoms with Crippen LogP contribution in [0.2, 0.25) is 0 Å². The van der Waals surface area contributed by atoms with Gasteiger partial charge in [-0.15, -0.1) is 0 Å². The number of nitrogens with one attached hydrogen (secondary N) is 1. The highest BCUT2D eigenvalue weighted by atomic mass is 16.5. The molecule has 1 heterocycles. The summed E-state index contributed by atoms with van der Waals surface area (Å²) in [7, 11) is 0. The average molecular weight is 327 g/mol. The number of rotatable bonds is 8. The second-order valence-electron chi connectivity index (χ2n) is 6.56. The van der Waals surface area contributed by atoms with Crippen LogP contribution in [0.4, 0.5) is 0 Å². The first-order chi connectivity index (χ1) is 11.6. The van der Waals surface area contributed by atoms with Crippen LogP contribution in [0.1, 0.15) is 29.8 Å². The van der Waals surface area contributed by atoms with Crippen LogP contribution in [0.15, 0.2) is 30.3 Å². The Hall–Kier alpha value is -2.14. The Labute approximate surface area is 143 Å². The van der Waals surface area contributed by atoms with Gasteiger partial charge in [0, 0.05) is 12.2 Å². The summed E-state index contributed by atoms with van der Waals surface area (Å²) in [5.74, 6) is 0.661. The molecule has 0 saturated heterocycles. The Morgan fingerprint density at radius 1 is 1.29 bits per heavy atom. The zero-order valence-corrected chi connectivity index (χ0v) is 14.4. The molecule has 2 aromatic rings. The summed E-state index contributed by atoms with van der Waals surface area (Å²) in [6, 6.07) is 10.4. The Bertz CT molecular complexity index is 687. The van der Waals surface area contributed by atoms with Gasteiger partial charge in [0.15, 0.2) is 0 Å². The SMILES string of the molecule is Cc1cc(C)n(-c2ccc(CCNC(=O)COCC3CC3)cc2)n1. The van der Waals surface area contributed by atoms with Crippen molar-refractivity contribution in [2.75, 3.05) is 19.8 Å². The van der Waals surface area contributed by atoms with Gasteiger partial charge in [-0.1, -0.05) is 12.1 Å². The topological polar surface area (TPSA) is 56.2 Å². The van der Waals surface area contributed by atoms with E-state index in [1.807, 2.05) is 11.6 Å². The molecule has 0 atom stereocenters. The van der Waals surface area contributed by atoms with Gasteiger partial charge in [0.05, 0.1) is 18.0 Å². The molecule has 0 bridgehead atoms. The normalized spacial score (nSPS) is 13.9. The lowest BCUT2D eigenvalue weighted by atomic mass is 10.1. The van der Waals surface area contributed by atoms with Crippen molar-refractivity contribution in [2.24, 2.45) is 5.92 Å². The van der Waals surface area contributed by atoms with Crippen molar-refractivity contribution >= 4 is 5.91 Å². The predicted molar refractivity (Wildman–Crippen MR) is 93.3 cm³/mol. The lowest BCUT2D eigenvalue weighted by Gasteiger charge is -2.08. The summed E-state index contributed by atoms with van der Waals surface area (Å²) < 4.78 is 7.32. The molecular weight excluding hydrogens is 302 g/mol. The van der Waals surface area contributed by atoms with E-state index in [2.05, 4.69) is 47.7 Å². The van der Waals surface area contributed by atoms with E-state index in [9.17, 15) is 4.79 Å². The second-order valence-corrected chi connectivity index (χ2v) is 6.56. The summed E-state index contributed by atoms with van der Waals surface area (Å²) in [6.45, 7) is 5.57. The Morgan fingerprint density at radius 2 is 2.04 bits per heavy atom. The molecule has 128 valence electrons. The molecule has 1 aliphatic carbocycles. The number of nitrogens with zero attached hydrogens (tertiary/aromatic N) is 2. The highest BCUT2D eigenvalue weighted by Crippen LogP contribution is 2.28. The highest BCUT2D eigenvalue weighted by molar-refractivity contribution is 5.77. The third-order valence-corrected chi connectivity index (χ3v) is 4.21. The number of aryl methyl sites for hydroxylation is 2. The van der Waals surface area contributed by atoms with E-state index in [1.165, 1.54) is 18.4 Å². The minimum absolute atomic E-state index is 0.0325. The largest absolute Gasteiger partial charge is 0.371 e. The van der Waals surface area contributed by atoms with Gasteiger partial charge in [-0.25, -0.2) is 4.68 Å². The molecule has 1 aromatic heterocycles. The zero-order valence-electron chi connectivity index (χ0n) is 14.4. The Kier molecular flexibility index (Phi) is 5.30. The quantitative estimate of drug-likeness (QED) is 0.811. The maximum absolute atomic E-state index is 11.7. The number of hydrogen-bond acceptors (Lipinski definition) is 3. The lowest BCUT2D eigenvalue weighted by molar-refractivity contribution is -0.125. The average Bonchev–Trinajstić information content (AvgIpc) is 3.31. The van der Waals surface area contributed by atoms with E-state index < -0.39 is 0 Å². The molecule has 1 N–H and O–H groups in total. The van der Waals surface area contributed by atoms with Crippen molar-refractivity contribution in [3.8, 4) is 5.69 Å². The maximum atomic E-state index is 11.7. The fraction of sp³-hybridized carbons (Fsp3) is 0.474. The first-order valence-corrected chi connectivity index (χ1v) is 8.59. The van der Waals surface area contributed by atoms with E-state index in [1.54, 1.807) is 0 Å². The summed E-state index contributed by atoms with van der Waals surface area (Å²) in [6.07, 6.45) is 3.30. The van der Waals surface area contributed by atoms with E-state index in [4.69, 9.17) is 4.74 Å². The molecule has 5 heteroatoms. The molecule has 0 unspecified atom stereocenters. The van der Waals surface area contributed by atoms with Crippen molar-refractivity contribution < 1.29 is 9.53 Å². The third kappa shape index (κ3) is 4.68. The number of amides is 1. The minimum atomic E-state index is -0.0325. The predicted octanol–water partition coefficient (Wildman–Crippen LogP) is 2.57. The van der Waals surface area contributed by atoms with E-state index in [-0.39, 0.29) is 12.5 Å². The molecule has 1 amide bonds. The van der Waals surface area contributed by atoms with Crippen molar-refractivity contribution in [3.05, 3.63) is 47.3 Å². The van der Waals surface area contributed by atoms with Crippen LogP contribution in [-0.4, -0.2) is 35.4 Å². The van der Waals surface area contributed by atoms with Crippen molar-refractivity contribution in [1.29, 1.82) is 0 Å². The Morgan fingerprint density at radius 3 is 2.67 bits per heavy atom. The molecule has 24 heavy (non-hydrogen) atoms. The molecule has 5 nitrogen and oxygen atoms in total. The van der Waals surface area contributed by atoms with Crippen molar-refractivity contribution in [1.82, 2.24) is 15.1 Å². The maximum Gasteiger partial charge on any atom is 0.246 e. The van der Waals surface area contributed by atoms with Gasteiger partial charge in [0.25, 0.3) is 0 Å². The molecule has 1 saturated carbocycles. The number of carbonyl (C=O) groups is 1. The number of hydrogen-bond donors (Lipinski definition) is 1. The molecule has 0 spiro atoms. The van der Waals surface area contributed by atoms with Gasteiger partial charge in [-0.05, 0) is 62.8 Å². The molecule has 3 rings (SSSR count). The van der Waals surface area contributed by atoms with Crippen LogP contribution in [0.5, 0.6) is 0 Å². The molecular formula is C19H25N3O2. The van der Waals surface area contributed by atoms with E-state index in [0.717, 1.165) is 30.1 Å². The molecule has 1 aromatic carbocycles. The highest BCUT2D eigenvalue weighted by Gasteiger charge is 2.21. The van der Waals surface area contributed by atoms with Gasteiger partial charge in [0.1, 0.15) is 6.61 Å². The van der Waals surface area contributed by atoms with Gasteiger partial charge in [0.2, 0.25) is 5.91 Å². The number of ether oxygens (including phenoxy) is 1. The van der Waals surface area contributed by atoms with Gasteiger partial charge < -0.3 is 10.1 Å². The van der Waals surface area contributed by atoms with E-state index >= 15 is 0 Å². The number of aromatic nitrogens is 2.